The molecule has 0 aliphatic heterocycles. The molecule has 1 aliphatic rings. The average Bonchev–Trinajstić information content (AvgIpc) is 2.36. The smallest absolute Gasteiger partial charge is 0.310 e. The molecule has 0 amide bonds. The third-order valence-electron chi connectivity index (χ3n) is 3.58. The first kappa shape index (κ1) is 18.0. The van der Waals surface area contributed by atoms with Crippen molar-refractivity contribution >= 4 is 11.9 Å². The van der Waals surface area contributed by atoms with Gasteiger partial charge < -0.3 is 14.6 Å². The summed E-state index contributed by atoms with van der Waals surface area (Å²) in [7, 11) is 0. The predicted molar refractivity (Wildman–Crippen MR) is 78.5 cm³/mol. The normalized spacial score (nSPS) is 26.2. The molecule has 1 saturated carbocycles. The second-order valence-electron chi connectivity index (χ2n) is 6.73. The molecule has 5 heteroatoms. The highest BCUT2D eigenvalue weighted by Crippen LogP contribution is 2.33. The van der Waals surface area contributed by atoms with E-state index < -0.39 is 29.5 Å². The molecule has 122 valence electrons. The Morgan fingerprint density at radius 2 is 1.81 bits per heavy atom. The SMILES string of the molecule is CCCCOC(=O)[C@H]1C[C@@H](O)CC[C@@H]1C(=O)OC(C)(C)C. The van der Waals surface area contributed by atoms with Crippen molar-refractivity contribution in [2.45, 2.75) is 71.5 Å². The summed E-state index contributed by atoms with van der Waals surface area (Å²) in [5.74, 6) is -1.87. The quantitative estimate of drug-likeness (QED) is 0.623. The zero-order valence-corrected chi connectivity index (χ0v) is 13.6. The Morgan fingerprint density at radius 1 is 1.14 bits per heavy atom. The number of esters is 2. The monoisotopic (exact) mass is 300 g/mol. The van der Waals surface area contributed by atoms with Crippen molar-refractivity contribution in [2.24, 2.45) is 11.8 Å². The number of aliphatic hydroxyl groups is 1. The fourth-order valence-corrected chi connectivity index (χ4v) is 2.49. The van der Waals surface area contributed by atoms with Gasteiger partial charge in [-0.2, -0.15) is 0 Å². The number of carbonyl (C=O) groups is 2. The van der Waals surface area contributed by atoms with Crippen molar-refractivity contribution < 1.29 is 24.2 Å². The zero-order chi connectivity index (χ0) is 16.0. The molecule has 0 aromatic carbocycles. The molecule has 1 fully saturated rings. The molecule has 0 saturated heterocycles. The van der Waals surface area contributed by atoms with E-state index in [9.17, 15) is 14.7 Å². The largest absolute Gasteiger partial charge is 0.465 e. The van der Waals surface area contributed by atoms with E-state index in [-0.39, 0.29) is 12.4 Å². The number of hydrogen-bond donors (Lipinski definition) is 1. The Labute approximate surface area is 127 Å². The maximum atomic E-state index is 12.3. The molecule has 0 heterocycles. The minimum Gasteiger partial charge on any atom is -0.465 e. The van der Waals surface area contributed by atoms with E-state index >= 15 is 0 Å². The van der Waals surface area contributed by atoms with Crippen LogP contribution in [0.5, 0.6) is 0 Å². The Morgan fingerprint density at radius 3 is 2.38 bits per heavy atom. The van der Waals surface area contributed by atoms with E-state index in [1.807, 2.05) is 6.92 Å². The third kappa shape index (κ3) is 6.04. The highest BCUT2D eigenvalue weighted by Gasteiger charge is 2.41. The highest BCUT2D eigenvalue weighted by molar-refractivity contribution is 5.82. The van der Waals surface area contributed by atoms with E-state index in [0.717, 1.165) is 12.8 Å². The standard InChI is InChI=1S/C16H28O5/c1-5-6-9-20-14(18)13-10-11(17)7-8-12(13)15(19)21-16(2,3)4/h11-13,17H,5-10H2,1-4H3/t11-,12-,13-/m0/s1. The first-order chi connectivity index (χ1) is 9.74. The van der Waals surface area contributed by atoms with Crippen molar-refractivity contribution in [3.05, 3.63) is 0 Å². The zero-order valence-electron chi connectivity index (χ0n) is 13.6. The first-order valence-electron chi connectivity index (χ1n) is 7.82. The Hall–Kier alpha value is -1.10. The van der Waals surface area contributed by atoms with Gasteiger partial charge in [-0.05, 0) is 46.5 Å². The summed E-state index contributed by atoms with van der Waals surface area (Å²) in [4.78, 5) is 24.4. The van der Waals surface area contributed by atoms with Gasteiger partial charge in [0.2, 0.25) is 0 Å². The van der Waals surface area contributed by atoms with Crippen LogP contribution in [0.2, 0.25) is 0 Å². The molecule has 5 nitrogen and oxygen atoms in total. The van der Waals surface area contributed by atoms with Crippen LogP contribution in [-0.4, -0.2) is 35.4 Å². The summed E-state index contributed by atoms with van der Waals surface area (Å²) in [6, 6.07) is 0. The van der Waals surface area contributed by atoms with Crippen LogP contribution >= 0.6 is 0 Å². The number of hydrogen-bond acceptors (Lipinski definition) is 5. The molecule has 0 aromatic heterocycles. The van der Waals surface area contributed by atoms with E-state index in [0.29, 0.717) is 19.4 Å². The van der Waals surface area contributed by atoms with Crippen LogP contribution in [0.3, 0.4) is 0 Å². The van der Waals surface area contributed by atoms with Crippen molar-refractivity contribution in [3.8, 4) is 0 Å². The summed E-state index contributed by atoms with van der Waals surface area (Å²) < 4.78 is 10.6. The van der Waals surface area contributed by atoms with E-state index in [1.54, 1.807) is 20.8 Å². The molecule has 0 unspecified atom stereocenters. The second-order valence-corrected chi connectivity index (χ2v) is 6.73. The third-order valence-corrected chi connectivity index (χ3v) is 3.58. The van der Waals surface area contributed by atoms with Crippen LogP contribution < -0.4 is 0 Å². The molecule has 1 N–H and O–H groups in total. The average molecular weight is 300 g/mol. The van der Waals surface area contributed by atoms with Gasteiger partial charge in [-0.3, -0.25) is 9.59 Å². The molecule has 0 bridgehead atoms. The van der Waals surface area contributed by atoms with Crippen LogP contribution in [-0.2, 0) is 19.1 Å². The Balaban J connectivity index is 2.70. The fourth-order valence-electron chi connectivity index (χ4n) is 2.49. The minimum atomic E-state index is -0.597. The van der Waals surface area contributed by atoms with Gasteiger partial charge in [0, 0.05) is 0 Å². The summed E-state index contributed by atoms with van der Waals surface area (Å²) >= 11 is 0. The molecule has 0 spiro atoms. The van der Waals surface area contributed by atoms with E-state index in [1.165, 1.54) is 0 Å². The van der Waals surface area contributed by atoms with Crippen LogP contribution in [0.25, 0.3) is 0 Å². The Bertz CT molecular complexity index is 358. The molecule has 1 rings (SSSR count). The van der Waals surface area contributed by atoms with Gasteiger partial charge in [-0.25, -0.2) is 0 Å². The number of carbonyl (C=O) groups excluding carboxylic acids is 2. The van der Waals surface area contributed by atoms with Crippen molar-refractivity contribution in [3.63, 3.8) is 0 Å². The highest BCUT2D eigenvalue weighted by atomic mass is 16.6. The first-order valence-corrected chi connectivity index (χ1v) is 7.82. The lowest BCUT2D eigenvalue weighted by atomic mass is 9.78. The molecular formula is C16H28O5. The maximum Gasteiger partial charge on any atom is 0.310 e. The second kappa shape index (κ2) is 7.78. The van der Waals surface area contributed by atoms with Crippen LogP contribution in [0.4, 0.5) is 0 Å². The molecule has 21 heavy (non-hydrogen) atoms. The predicted octanol–water partition coefficient (Wildman–Crippen LogP) is 2.45. The van der Waals surface area contributed by atoms with Gasteiger partial charge in [0.1, 0.15) is 5.60 Å². The van der Waals surface area contributed by atoms with E-state index in [4.69, 9.17) is 9.47 Å². The van der Waals surface area contributed by atoms with E-state index in [2.05, 4.69) is 0 Å². The minimum absolute atomic E-state index is 0.273. The van der Waals surface area contributed by atoms with Gasteiger partial charge in [-0.15, -0.1) is 0 Å². The number of ether oxygens (including phenoxy) is 2. The van der Waals surface area contributed by atoms with Gasteiger partial charge in [0.25, 0.3) is 0 Å². The number of rotatable bonds is 5. The van der Waals surface area contributed by atoms with Gasteiger partial charge in [-0.1, -0.05) is 13.3 Å². The lowest BCUT2D eigenvalue weighted by Crippen LogP contribution is -2.41. The van der Waals surface area contributed by atoms with Gasteiger partial charge in [0.05, 0.1) is 24.5 Å². The summed E-state index contributed by atoms with van der Waals surface area (Å²) in [5.41, 5.74) is -0.580. The van der Waals surface area contributed by atoms with Crippen LogP contribution in [0.1, 0.15) is 59.8 Å². The molecule has 3 atom stereocenters. The van der Waals surface area contributed by atoms with Crippen LogP contribution in [0.15, 0.2) is 0 Å². The number of aliphatic hydroxyl groups excluding tert-OH is 1. The summed E-state index contributed by atoms with van der Waals surface area (Å²) in [6.45, 7) is 7.79. The fraction of sp³-hybridized carbons (Fsp3) is 0.875. The van der Waals surface area contributed by atoms with Crippen molar-refractivity contribution in [1.29, 1.82) is 0 Å². The molecule has 1 aliphatic carbocycles. The topological polar surface area (TPSA) is 72.8 Å². The lowest BCUT2D eigenvalue weighted by Gasteiger charge is -2.33. The summed E-state index contributed by atoms with van der Waals surface area (Å²) in [6.07, 6.45) is 2.45. The van der Waals surface area contributed by atoms with Crippen molar-refractivity contribution in [2.75, 3.05) is 6.61 Å². The Kier molecular flexibility index (Phi) is 6.65. The lowest BCUT2D eigenvalue weighted by molar-refractivity contribution is -0.172. The van der Waals surface area contributed by atoms with Crippen molar-refractivity contribution in [1.82, 2.24) is 0 Å². The molecular weight excluding hydrogens is 272 g/mol. The maximum absolute atomic E-state index is 12.3. The number of unbranched alkanes of at least 4 members (excludes halogenated alkanes) is 1. The molecule has 0 aromatic rings. The molecule has 0 radical (unpaired) electrons. The summed E-state index contributed by atoms with van der Waals surface area (Å²) in [5, 5.41) is 9.77. The van der Waals surface area contributed by atoms with Crippen LogP contribution in [0, 0.1) is 11.8 Å². The van der Waals surface area contributed by atoms with Gasteiger partial charge >= 0.3 is 11.9 Å². The van der Waals surface area contributed by atoms with Gasteiger partial charge in [0.15, 0.2) is 0 Å².